The fraction of sp³-hybridized carbons (Fsp3) is 0. The smallest absolute Gasteiger partial charge is 0.259 e. The van der Waals surface area contributed by atoms with Crippen LogP contribution in [0.4, 0.5) is 23.0 Å². The third kappa shape index (κ3) is 6.42. The van der Waals surface area contributed by atoms with Crippen molar-refractivity contribution in [3.63, 3.8) is 0 Å². The molecular formula is C40H27N9O2S2. The van der Waals surface area contributed by atoms with Crippen LogP contribution in [0.2, 0.25) is 0 Å². The second-order valence-corrected chi connectivity index (χ2v) is 13.7. The van der Waals surface area contributed by atoms with E-state index in [0.717, 1.165) is 66.6 Å². The van der Waals surface area contributed by atoms with E-state index in [-0.39, 0.29) is 11.8 Å². The van der Waals surface area contributed by atoms with Crippen LogP contribution in [-0.4, -0.2) is 37.0 Å². The van der Waals surface area contributed by atoms with Gasteiger partial charge in [-0.15, -0.1) is 0 Å². The van der Waals surface area contributed by atoms with Crippen LogP contribution in [0.25, 0.3) is 55.2 Å². The zero-order valence-electron chi connectivity index (χ0n) is 27.6. The van der Waals surface area contributed by atoms with E-state index in [1.54, 1.807) is 59.9 Å². The Morgan fingerprint density at radius 3 is 1.85 bits per heavy atom. The van der Waals surface area contributed by atoms with Crippen molar-refractivity contribution in [2.45, 2.75) is 0 Å². The minimum absolute atomic E-state index is 0.157. The van der Waals surface area contributed by atoms with Crippen molar-refractivity contribution in [2.75, 3.05) is 21.3 Å². The molecule has 0 radical (unpaired) electrons. The molecule has 0 aliphatic carbocycles. The van der Waals surface area contributed by atoms with Gasteiger partial charge in [-0.25, -0.2) is 9.97 Å². The summed E-state index contributed by atoms with van der Waals surface area (Å²) in [7, 11) is 0. The molecule has 6 aromatic heterocycles. The quantitative estimate of drug-likeness (QED) is 0.107. The fourth-order valence-corrected chi connectivity index (χ4v) is 7.43. The van der Waals surface area contributed by atoms with Crippen molar-refractivity contribution in [3.8, 4) is 22.3 Å². The van der Waals surface area contributed by atoms with Crippen LogP contribution < -0.4 is 21.3 Å². The molecule has 8 heterocycles. The fourth-order valence-electron chi connectivity index (χ4n) is 6.10. The van der Waals surface area contributed by atoms with E-state index in [9.17, 15) is 9.59 Å². The summed E-state index contributed by atoms with van der Waals surface area (Å²) in [4.78, 5) is 37.9. The molecule has 5 N–H and O–H groups in total. The molecule has 2 aliphatic heterocycles. The number of hydrogen-bond donors (Lipinski definition) is 5. The molecule has 0 atom stereocenters. The van der Waals surface area contributed by atoms with Crippen molar-refractivity contribution in [1.29, 1.82) is 0 Å². The number of carbonyl (C=O) groups excluding carboxylic acids is 2. The van der Waals surface area contributed by atoms with Crippen LogP contribution in [-0.2, 0) is 9.59 Å². The summed E-state index contributed by atoms with van der Waals surface area (Å²) in [5, 5.41) is 29.3. The maximum absolute atomic E-state index is 12.4. The minimum Gasteiger partial charge on any atom is -0.361 e. The first-order chi connectivity index (χ1) is 26.1. The number of H-pyrrole nitrogens is 1. The molecule has 11 nitrogen and oxygen atoms in total. The molecule has 0 saturated carbocycles. The van der Waals surface area contributed by atoms with Gasteiger partial charge in [0.15, 0.2) is 0 Å². The molecule has 13 heteroatoms. The van der Waals surface area contributed by atoms with Crippen LogP contribution in [0, 0.1) is 0 Å². The SMILES string of the molecule is O=C1Nc2ncc(-c3ccsc3)cc2/C1=C/Nc1ccc2cn[nH]c2c1.O=C1Nc2ncc(-c3ccsc3)cc2/C1=C/Nc1ccc2ncccc2c1. The topological polar surface area (TPSA) is 150 Å². The highest BCUT2D eigenvalue weighted by atomic mass is 32.1. The van der Waals surface area contributed by atoms with Gasteiger partial charge in [0.2, 0.25) is 0 Å². The summed E-state index contributed by atoms with van der Waals surface area (Å²) < 4.78 is 0. The zero-order valence-corrected chi connectivity index (χ0v) is 29.3. The lowest BCUT2D eigenvalue weighted by atomic mass is 10.1. The normalized spacial score (nSPS) is 14.5. The lowest BCUT2D eigenvalue weighted by Gasteiger charge is -2.05. The van der Waals surface area contributed by atoms with Crippen LogP contribution in [0.3, 0.4) is 0 Å². The van der Waals surface area contributed by atoms with E-state index in [0.29, 0.717) is 22.8 Å². The number of pyridine rings is 3. The summed E-state index contributed by atoms with van der Waals surface area (Å²) in [6.07, 6.45) is 10.6. The number of carbonyl (C=O) groups is 2. The molecule has 0 bridgehead atoms. The lowest BCUT2D eigenvalue weighted by Crippen LogP contribution is -2.05. The van der Waals surface area contributed by atoms with Crippen LogP contribution in [0.5, 0.6) is 0 Å². The maximum atomic E-state index is 12.4. The Balaban J connectivity index is 0.000000141. The first-order valence-corrected chi connectivity index (χ1v) is 18.3. The van der Waals surface area contributed by atoms with Gasteiger partial charge in [0.1, 0.15) is 11.6 Å². The number of aromatic nitrogens is 5. The van der Waals surface area contributed by atoms with E-state index in [2.05, 4.69) is 57.2 Å². The minimum atomic E-state index is -0.162. The van der Waals surface area contributed by atoms with Gasteiger partial charge in [0.25, 0.3) is 11.8 Å². The number of nitrogens with one attached hydrogen (secondary N) is 5. The van der Waals surface area contributed by atoms with Gasteiger partial charge in [-0.1, -0.05) is 6.07 Å². The van der Waals surface area contributed by atoms with E-state index in [4.69, 9.17) is 0 Å². The number of anilines is 4. The molecular weight excluding hydrogens is 703 g/mol. The average molecular weight is 730 g/mol. The standard InChI is InChI=1S/C21H14N4OS.C19H13N5OS/c26-21-18(11-23-16-3-4-19-13(8-16)2-1-6-22-19)17-9-15(10-24-20(17)25-21)14-5-7-27-12-14;25-19-16(9-20-14-2-1-11-8-22-24-17(11)6-14)15-5-13(7-21-18(15)23-19)12-3-4-26-10-12/h1-12,23H,(H,24,25,26);1-10,20H,(H,22,24)(H,21,23,25)/b18-11-;16-9-. The Labute approximate surface area is 310 Å². The van der Waals surface area contributed by atoms with E-state index in [1.807, 2.05) is 83.6 Å². The summed E-state index contributed by atoms with van der Waals surface area (Å²) in [5.41, 5.74) is 10.6. The number of aromatic amines is 1. The first-order valence-electron chi connectivity index (χ1n) is 16.5. The van der Waals surface area contributed by atoms with Gasteiger partial charge < -0.3 is 21.3 Å². The van der Waals surface area contributed by atoms with E-state index < -0.39 is 0 Å². The molecule has 256 valence electrons. The van der Waals surface area contributed by atoms with Crippen molar-refractivity contribution in [2.24, 2.45) is 0 Å². The van der Waals surface area contributed by atoms with Crippen LogP contribution in [0.15, 0.2) is 132 Å². The number of fused-ring (bicyclic) bond motifs is 4. The molecule has 2 aliphatic rings. The van der Waals surface area contributed by atoms with Crippen molar-refractivity contribution in [1.82, 2.24) is 25.1 Å². The van der Waals surface area contributed by atoms with E-state index in [1.165, 1.54) is 0 Å². The second-order valence-electron chi connectivity index (χ2n) is 12.2. The zero-order chi connectivity index (χ0) is 35.7. The van der Waals surface area contributed by atoms with Gasteiger partial charge in [-0.3, -0.25) is 19.7 Å². The largest absolute Gasteiger partial charge is 0.361 e. The van der Waals surface area contributed by atoms with Gasteiger partial charge >= 0.3 is 0 Å². The highest BCUT2D eigenvalue weighted by Gasteiger charge is 2.27. The number of amides is 2. The molecule has 10 rings (SSSR count). The van der Waals surface area contributed by atoms with Gasteiger partial charge in [0, 0.05) is 75.4 Å². The highest BCUT2D eigenvalue weighted by molar-refractivity contribution is 7.08. The van der Waals surface area contributed by atoms with Crippen LogP contribution >= 0.6 is 22.7 Å². The van der Waals surface area contributed by atoms with Gasteiger partial charge in [0.05, 0.1) is 28.4 Å². The predicted octanol–water partition coefficient (Wildman–Crippen LogP) is 8.85. The molecule has 2 amide bonds. The van der Waals surface area contributed by atoms with E-state index >= 15 is 0 Å². The summed E-state index contributed by atoms with van der Waals surface area (Å²) in [5.74, 6) is 0.862. The Hall–Kier alpha value is -6.96. The second kappa shape index (κ2) is 13.6. The molecule has 0 unspecified atom stereocenters. The molecule has 0 fully saturated rings. The maximum Gasteiger partial charge on any atom is 0.259 e. The summed E-state index contributed by atoms with van der Waals surface area (Å²) >= 11 is 3.27. The molecule has 53 heavy (non-hydrogen) atoms. The molecule has 0 saturated heterocycles. The summed E-state index contributed by atoms with van der Waals surface area (Å²) in [6, 6.07) is 23.8. The Kier molecular flexibility index (Phi) is 8.23. The number of benzene rings is 2. The molecule has 2 aromatic carbocycles. The Morgan fingerprint density at radius 2 is 1.23 bits per heavy atom. The number of rotatable bonds is 6. The summed E-state index contributed by atoms with van der Waals surface area (Å²) in [6.45, 7) is 0. The Morgan fingerprint density at radius 1 is 0.604 bits per heavy atom. The van der Waals surface area contributed by atoms with Crippen molar-refractivity contribution >= 4 is 90.5 Å². The third-order valence-electron chi connectivity index (χ3n) is 8.83. The molecule has 8 aromatic rings. The highest BCUT2D eigenvalue weighted by Crippen LogP contribution is 2.35. The number of hydrogen-bond acceptors (Lipinski definition) is 10. The molecule has 0 spiro atoms. The van der Waals surface area contributed by atoms with Crippen LogP contribution in [0.1, 0.15) is 11.1 Å². The average Bonchev–Trinajstić information content (AvgIpc) is 4.04. The Bertz CT molecular complexity index is 2730. The monoisotopic (exact) mass is 729 g/mol. The number of thiophene rings is 2. The first kappa shape index (κ1) is 32.0. The predicted molar refractivity (Wildman–Crippen MR) is 213 cm³/mol. The van der Waals surface area contributed by atoms with Crippen molar-refractivity contribution < 1.29 is 9.59 Å². The van der Waals surface area contributed by atoms with Gasteiger partial charge in [-0.05, 0) is 99.4 Å². The van der Waals surface area contributed by atoms with Gasteiger partial charge in [-0.2, -0.15) is 27.8 Å². The number of nitrogens with zero attached hydrogens (tertiary/aromatic N) is 4. The third-order valence-corrected chi connectivity index (χ3v) is 10.2. The lowest BCUT2D eigenvalue weighted by molar-refractivity contribution is -0.111. The van der Waals surface area contributed by atoms with Crippen molar-refractivity contribution in [3.05, 3.63) is 143 Å².